The molecule has 2 aromatic carbocycles. The van der Waals surface area contributed by atoms with Crippen LogP contribution in [-0.2, 0) is 14.3 Å². The maximum absolute atomic E-state index is 13.0. The molecule has 0 saturated heterocycles. The second kappa shape index (κ2) is 9.19. The van der Waals surface area contributed by atoms with Crippen LogP contribution in [0.25, 0.3) is 5.57 Å². The summed E-state index contributed by atoms with van der Waals surface area (Å²) < 4.78 is 10.6. The summed E-state index contributed by atoms with van der Waals surface area (Å²) in [5.41, 5.74) is 1.04. The Bertz CT molecular complexity index is 1000. The molecule has 0 bridgehead atoms. The number of nitrogens with zero attached hydrogens (tertiary/aromatic N) is 2. The normalized spacial score (nSPS) is 13.7. The number of amides is 2. The number of methoxy groups -OCH3 is 1. The van der Waals surface area contributed by atoms with E-state index in [0.717, 1.165) is 4.90 Å². The molecule has 0 unspecified atom stereocenters. The third-order valence-electron chi connectivity index (χ3n) is 4.50. The van der Waals surface area contributed by atoms with E-state index in [-0.39, 0.29) is 30.1 Å². The van der Waals surface area contributed by atoms with E-state index in [1.54, 1.807) is 24.3 Å². The minimum atomic E-state index is -0.526. The molecule has 9 heteroatoms. The van der Waals surface area contributed by atoms with E-state index in [1.807, 2.05) is 6.92 Å². The fraction of sp³-hybridized carbons (Fsp3) is 0.238. The zero-order valence-corrected chi connectivity index (χ0v) is 16.6. The number of hydrogen-bond acceptors (Lipinski definition) is 7. The highest BCUT2D eigenvalue weighted by Crippen LogP contribution is 2.33. The van der Waals surface area contributed by atoms with Crippen LogP contribution in [0.1, 0.15) is 12.5 Å². The van der Waals surface area contributed by atoms with Crippen LogP contribution in [0.15, 0.2) is 54.2 Å². The molecule has 1 heterocycles. The van der Waals surface area contributed by atoms with Crippen molar-refractivity contribution in [2.24, 2.45) is 0 Å². The minimum Gasteiger partial charge on any atom is -0.492 e. The molecule has 0 saturated carbocycles. The topological polar surface area (TPSA) is 111 Å². The second-order valence-electron chi connectivity index (χ2n) is 6.36. The SMILES string of the molecule is CCOc1ccccc1NC1=C(c2ccc([N+](=O)[O-])cc2)C(=O)N(CCOC)C1=O. The Morgan fingerprint density at radius 2 is 1.77 bits per heavy atom. The average Bonchev–Trinajstić information content (AvgIpc) is 2.97. The molecule has 1 aliphatic heterocycles. The largest absolute Gasteiger partial charge is 0.492 e. The molecular weight excluding hydrogens is 390 g/mol. The van der Waals surface area contributed by atoms with Gasteiger partial charge in [-0.3, -0.25) is 24.6 Å². The van der Waals surface area contributed by atoms with Gasteiger partial charge < -0.3 is 14.8 Å². The van der Waals surface area contributed by atoms with Crippen molar-refractivity contribution in [3.63, 3.8) is 0 Å². The summed E-state index contributed by atoms with van der Waals surface area (Å²) in [5.74, 6) is -0.467. The van der Waals surface area contributed by atoms with Crippen molar-refractivity contribution in [2.45, 2.75) is 6.92 Å². The maximum atomic E-state index is 13.0. The van der Waals surface area contributed by atoms with E-state index in [4.69, 9.17) is 9.47 Å². The van der Waals surface area contributed by atoms with Crippen molar-refractivity contribution in [2.75, 3.05) is 32.2 Å². The number of ether oxygens (including phenoxy) is 2. The zero-order valence-electron chi connectivity index (χ0n) is 16.6. The monoisotopic (exact) mass is 411 g/mol. The molecule has 2 amide bonds. The quantitative estimate of drug-likeness (QED) is 0.384. The van der Waals surface area contributed by atoms with Crippen LogP contribution in [-0.4, -0.2) is 48.5 Å². The fourth-order valence-corrected chi connectivity index (χ4v) is 3.08. The van der Waals surface area contributed by atoms with Gasteiger partial charge >= 0.3 is 0 Å². The number of imide groups is 1. The molecular formula is C21H21N3O6. The van der Waals surface area contributed by atoms with Crippen molar-refractivity contribution in [1.82, 2.24) is 4.90 Å². The van der Waals surface area contributed by atoms with E-state index in [0.29, 0.717) is 23.6 Å². The van der Waals surface area contributed by atoms with Crippen LogP contribution >= 0.6 is 0 Å². The third kappa shape index (κ3) is 4.15. The first-order valence-corrected chi connectivity index (χ1v) is 9.31. The summed E-state index contributed by atoms with van der Waals surface area (Å²) >= 11 is 0. The number of benzene rings is 2. The van der Waals surface area contributed by atoms with Crippen molar-refractivity contribution in [3.8, 4) is 5.75 Å². The number of anilines is 1. The lowest BCUT2D eigenvalue weighted by atomic mass is 10.0. The molecule has 2 aromatic rings. The van der Waals surface area contributed by atoms with Crippen molar-refractivity contribution in [1.29, 1.82) is 0 Å². The summed E-state index contributed by atoms with van der Waals surface area (Å²) in [6.07, 6.45) is 0. The highest BCUT2D eigenvalue weighted by molar-refractivity contribution is 6.36. The van der Waals surface area contributed by atoms with Gasteiger partial charge in [-0.25, -0.2) is 0 Å². The Labute approximate surface area is 173 Å². The molecule has 9 nitrogen and oxygen atoms in total. The molecule has 0 radical (unpaired) electrons. The highest BCUT2D eigenvalue weighted by Gasteiger charge is 2.39. The number of nitro benzene ring substituents is 1. The number of carbonyl (C=O) groups is 2. The van der Waals surface area contributed by atoms with E-state index >= 15 is 0 Å². The van der Waals surface area contributed by atoms with E-state index < -0.39 is 16.7 Å². The van der Waals surface area contributed by atoms with Crippen LogP contribution in [0.3, 0.4) is 0 Å². The lowest BCUT2D eigenvalue weighted by molar-refractivity contribution is -0.384. The first-order chi connectivity index (χ1) is 14.5. The van der Waals surface area contributed by atoms with Gasteiger partial charge in [-0.2, -0.15) is 0 Å². The molecule has 0 spiro atoms. The van der Waals surface area contributed by atoms with Crippen LogP contribution in [0, 0.1) is 10.1 Å². The molecule has 0 aromatic heterocycles. The molecule has 156 valence electrons. The van der Waals surface area contributed by atoms with E-state index in [9.17, 15) is 19.7 Å². The Balaban J connectivity index is 2.06. The van der Waals surface area contributed by atoms with Gasteiger partial charge in [0.15, 0.2) is 0 Å². The molecule has 3 rings (SSSR count). The van der Waals surface area contributed by atoms with Crippen molar-refractivity contribution in [3.05, 3.63) is 69.9 Å². The van der Waals surface area contributed by atoms with E-state index in [1.165, 1.54) is 31.4 Å². The van der Waals surface area contributed by atoms with Crippen molar-refractivity contribution >= 4 is 28.8 Å². The standard InChI is InChI=1S/C21H21N3O6/c1-3-30-17-7-5-4-6-16(17)22-19-18(14-8-10-15(11-9-14)24(27)28)20(25)23(21(19)26)12-13-29-2/h4-11,22H,3,12-13H2,1-2H3. The number of nitro groups is 1. The first-order valence-electron chi connectivity index (χ1n) is 9.31. The van der Waals surface area contributed by atoms with Gasteiger partial charge in [0.25, 0.3) is 17.5 Å². The summed E-state index contributed by atoms with van der Waals surface area (Å²) in [6, 6.07) is 12.6. The number of nitrogens with one attached hydrogen (secondary N) is 1. The lowest BCUT2D eigenvalue weighted by Crippen LogP contribution is -2.35. The predicted molar refractivity (Wildman–Crippen MR) is 110 cm³/mol. The zero-order chi connectivity index (χ0) is 21.7. The van der Waals surface area contributed by atoms with E-state index in [2.05, 4.69) is 5.32 Å². The van der Waals surface area contributed by atoms with Gasteiger partial charge in [0.2, 0.25) is 0 Å². The fourth-order valence-electron chi connectivity index (χ4n) is 3.08. The molecule has 1 N–H and O–H groups in total. The van der Waals surface area contributed by atoms with Gasteiger partial charge in [0, 0.05) is 19.2 Å². The number of para-hydroxylation sites is 2. The van der Waals surface area contributed by atoms with Gasteiger partial charge in [-0.1, -0.05) is 12.1 Å². The first kappa shape index (κ1) is 21.0. The van der Waals surface area contributed by atoms with Crippen LogP contribution in [0.2, 0.25) is 0 Å². The summed E-state index contributed by atoms with van der Waals surface area (Å²) in [6.45, 7) is 2.55. The highest BCUT2D eigenvalue weighted by atomic mass is 16.6. The summed E-state index contributed by atoms with van der Waals surface area (Å²) in [7, 11) is 1.48. The Hall–Kier alpha value is -3.72. The Morgan fingerprint density at radius 3 is 2.40 bits per heavy atom. The number of rotatable bonds is 9. The molecule has 0 aliphatic carbocycles. The van der Waals surface area contributed by atoms with Gasteiger partial charge in [-0.15, -0.1) is 0 Å². The minimum absolute atomic E-state index is 0.0807. The van der Waals surface area contributed by atoms with Gasteiger partial charge in [-0.05, 0) is 36.8 Å². The molecule has 0 atom stereocenters. The van der Waals surface area contributed by atoms with Crippen molar-refractivity contribution < 1.29 is 24.0 Å². The third-order valence-corrected chi connectivity index (χ3v) is 4.50. The number of non-ortho nitro benzene ring substituents is 1. The van der Waals surface area contributed by atoms with Crippen LogP contribution < -0.4 is 10.1 Å². The van der Waals surface area contributed by atoms with Gasteiger partial charge in [0.1, 0.15) is 11.4 Å². The average molecular weight is 411 g/mol. The molecule has 0 fully saturated rings. The van der Waals surface area contributed by atoms with Gasteiger partial charge in [0.05, 0.1) is 35.9 Å². The van der Waals surface area contributed by atoms with Crippen LogP contribution in [0.4, 0.5) is 11.4 Å². The molecule has 30 heavy (non-hydrogen) atoms. The lowest BCUT2D eigenvalue weighted by Gasteiger charge is -2.15. The molecule has 1 aliphatic rings. The number of carbonyl (C=O) groups excluding carboxylic acids is 2. The predicted octanol–water partition coefficient (Wildman–Crippen LogP) is 2.83. The Morgan fingerprint density at radius 1 is 1.07 bits per heavy atom. The second-order valence-corrected chi connectivity index (χ2v) is 6.36. The Kier molecular flexibility index (Phi) is 6.43. The van der Waals surface area contributed by atoms with Crippen LogP contribution in [0.5, 0.6) is 5.75 Å². The number of hydrogen-bond donors (Lipinski definition) is 1. The maximum Gasteiger partial charge on any atom is 0.278 e. The summed E-state index contributed by atoms with van der Waals surface area (Å²) in [5, 5.41) is 14.0. The smallest absolute Gasteiger partial charge is 0.278 e. The summed E-state index contributed by atoms with van der Waals surface area (Å²) in [4.78, 5) is 37.6.